The van der Waals surface area contributed by atoms with Crippen LogP contribution in [0.25, 0.3) is 0 Å². The van der Waals surface area contributed by atoms with E-state index in [9.17, 15) is 9.90 Å². The van der Waals surface area contributed by atoms with Crippen molar-refractivity contribution in [2.45, 2.75) is 6.54 Å². The first-order valence-electron chi connectivity index (χ1n) is 6.10. The van der Waals surface area contributed by atoms with Crippen LogP contribution in [0.2, 0.25) is 5.02 Å². The number of halogens is 2. The van der Waals surface area contributed by atoms with Gasteiger partial charge in [-0.2, -0.15) is 0 Å². The van der Waals surface area contributed by atoms with Gasteiger partial charge < -0.3 is 15.2 Å². The Morgan fingerprint density at radius 2 is 2.10 bits per heavy atom. The highest BCUT2D eigenvalue weighted by Gasteiger charge is 2.12. The standard InChI is InChI=1S/C15H13BrClNO3/c1-21-15(20)12-4-3-11(17)7-13(12)18-8-9-6-10(16)2-5-14(9)19/h2-7,18-19H,8H2,1H3. The van der Waals surface area contributed by atoms with E-state index in [1.54, 1.807) is 36.4 Å². The van der Waals surface area contributed by atoms with Gasteiger partial charge in [-0.15, -0.1) is 0 Å². The summed E-state index contributed by atoms with van der Waals surface area (Å²) in [5.74, 6) is -0.278. The average Bonchev–Trinajstić information content (AvgIpc) is 2.47. The summed E-state index contributed by atoms with van der Waals surface area (Å²) in [4.78, 5) is 11.7. The molecule has 0 heterocycles. The van der Waals surface area contributed by atoms with E-state index >= 15 is 0 Å². The van der Waals surface area contributed by atoms with E-state index < -0.39 is 5.97 Å². The number of benzene rings is 2. The highest BCUT2D eigenvalue weighted by atomic mass is 79.9. The zero-order valence-electron chi connectivity index (χ0n) is 11.2. The zero-order valence-corrected chi connectivity index (χ0v) is 13.5. The Morgan fingerprint density at radius 3 is 2.81 bits per heavy atom. The van der Waals surface area contributed by atoms with Crippen LogP contribution in [0.5, 0.6) is 5.75 Å². The van der Waals surface area contributed by atoms with Gasteiger partial charge in [-0.05, 0) is 36.4 Å². The molecule has 110 valence electrons. The number of anilines is 1. The molecule has 4 nitrogen and oxygen atoms in total. The van der Waals surface area contributed by atoms with E-state index in [1.807, 2.05) is 0 Å². The molecule has 0 aliphatic carbocycles. The number of hydrogen-bond donors (Lipinski definition) is 2. The fourth-order valence-electron chi connectivity index (χ4n) is 1.84. The highest BCUT2D eigenvalue weighted by molar-refractivity contribution is 9.10. The van der Waals surface area contributed by atoms with Gasteiger partial charge in [0.2, 0.25) is 0 Å². The van der Waals surface area contributed by atoms with Crippen LogP contribution < -0.4 is 5.32 Å². The second-order valence-electron chi connectivity index (χ2n) is 4.31. The van der Waals surface area contributed by atoms with E-state index in [2.05, 4.69) is 21.2 Å². The molecule has 21 heavy (non-hydrogen) atoms. The smallest absolute Gasteiger partial charge is 0.339 e. The average molecular weight is 371 g/mol. The quantitative estimate of drug-likeness (QED) is 0.792. The molecule has 0 unspecified atom stereocenters. The van der Waals surface area contributed by atoms with Gasteiger partial charge in [-0.25, -0.2) is 4.79 Å². The lowest BCUT2D eigenvalue weighted by Crippen LogP contribution is -2.08. The predicted octanol–water partition coefficient (Wildman–Crippen LogP) is 4.21. The Balaban J connectivity index is 2.25. The van der Waals surface area contributed by atoms with E-state index in [4.69, 9.17) is 16.3 Å². The number of methoxy groups -OCH3 is 1. The largest absolute Gasteiger partial charge is 0.508 e. The van der Waals surface area contributed by atoms with Gasteiger partial charge in [0.05, 0.1) is 18.4 Å². The third kappa shape index (κ3) is 3.89. The lowest BCUT2D eigenvalue weighted by molar-refractivity contribution is 0.0602. The van der Waals surface area contributed by atoms with Crippen LogP contribution >= 0.6 is 27.5 Å². The number of phenols is 1. The van der Waals surface area contributed by atoms with Gasteiger partial charge in [-0.3, -0.25) is 0 Å². The second-order valence-corrected chi connectivity index (χ2v) is 5.66. The monoisotopic (exact) mass is 369 g/mol. The maximum Gasteiger partial charge on any atom is 0.339 e. The molecule has 2 aromatic rings. The fraction of sp³-hybridized carbons (Fsp3) is 0.133. The van der Waals surface area contributed by atoms with Gasteiger partial charge in [0.25, 0.3) is 0 Å². The Bertz CT molecular complexity index is 676. The van der Waals surface area contributed by atoms with Gasteiger partial charge >= 0.3 is 5.97 Å². The lowest BCUT2D eigenvalue weighted by atomic mass is 10.1. The van der Waals surface area contributed by atoms with Crippen molar-refractivity contribution in [1.82, 2.24) is 0 Å². The number of esters is 1. The Hall–Kier alpha value is -1.72. The topological polar surface area (TPSA) is 58.6 Å². The summed E-state index contributed by atoms with van der Waals surface area (Å²) >= 11 is 9.30. The first kappa shape index (κ1) is 15.7. The first-order chi connectivity index (χ1) is 10.0. The predicted molar refractivity (Wildman–Crippen MR) is 85.9 cm³/mol. The van der Waals surface area contributed by atoms with Crippen LogP contribution in [0.1, 0.15) is 15.9 Å². The van der Waals surface area contributed by atoms with Crippen molar-refractivity contribution in [1.29, 1.82) is 0 Å². The lowest BCUT2D eigenvalue weighted by Gasteiger charge is -2.12. The second kappa shape index (κ2) is 6.83. The van der Waals surface area contributed by atoms with Crippen LogP contribution in [0.3, 0.4) is 0 Å². The molecule has 2 N–H and O–H groups in total. The SMILES string of the molecule is COC(=O)c1ccc(Cl)cc1NCc1cc(Br)ccc1O. The van der Waals surface area contributed by atoms with Gasteiger partial charge in [0.1, 0.15) is 5.75 Å². The summed E-state index contributed by atoms with van der Waals surface area (Å²) in [6, 6.07) is 10.00. The Morgan fingerprint density at radius 1 is 1.33 bits per heavy atom. The number of ether oxygens (including phenoxy) is 1. The molecule has 0 aliphatic heterocycles. The van der Waals surface area contributed by atoms with Crippen LogP contribution in [-0.4, -0.2) is 18.2 Å². The third-order valence-electron chi connectivity index (χ3n) is 2.90. The molecule has 0 saturated heterocycles. The third-order valence-corrected chi connectivity index (χ3v) is 3.63. The van der Waals surface area contributed by atoms with Crippen molar-refractivity contribution < 1.29 is 14.6 Å². The molecule has 0 fully saturated rings. The molecule has 2 aromatic carbocycles. The van der Waals surface area contributed by atoms with Crippen LogP contribution in [0.15, 0.2) is 40.9 Å². The minimum absolute atomic E-state index is 0.173. The molecule has 2 rings (SSSR count). The molecule has 0 aromatic heterocycles. The molecule has 0 amide bonds. The van der Waals surface area contributed by atoms with Gasteiger partial charge in [0, 0.05) is 21.6 Å². The molecule has 0 bridgehead atoms. The summed E-state index contributed by atoms with van der Waals surface area (Å²) in [5.41, 5.74) is 1.63. The Kier molecular flexibility index (Phi) is 5.09. The molecule has 0 saturated carbocycles. The maximum atomic E-state index is 11.7. The molecule has 0 spiro atoms. The molecule has 0 atom stereocenters. The molecular weight excluding hydrogens is 358 g/mol. The fourth-order valence-corrected chi connectivity index (χ4v) is 2.42. The van der Waals surface area contributed by atoms with Crippen molar-refractivity contribution in [3.63, 3.8) is 0 Å². The zero-order chi connectivity index (χ0) is 15.4. The molecule has 0 aliphatic rings. The summed E-state index contributed by atoms with van der Waals surface area (Å²) < 4.78 is 5.59. The summed E-state index contributed by atoms with van der Waals surface area (Å²) in [6.45, 7) is 0.343. The van der Waals surface area contributed by atoms with Crippen molar-refractivity contribution in [2.75, 3.05) is 12.4 Å². The van der Waals surface area contributed by atoms with Crippen molar-refractivity contribution in [2.24, 2.45) is 0 Å². The molecular formula is C15H13BrClNO3. The van der Waals surface area contributed by atoms with Crippen LogP contribution in [0, 0.1) is 0 Å². The highest BCUT2D eigenvalue weighted by Crippen LogP contribution is 2.26. The van der Waals surface area contributed by atoms with E-state index in [1.165, 1.54) is 7.11 Å². The Labute approximate surface area is 135 Å². The van der Waals surface area contributed by atoms with Gasteiger partial charge in [0.15, 0.2) is 0 Å². The minimum Gasteiger partial charge on any atom is -0.508 e. The molecule has 0 radical (unpaired) electrons. The first-order valence-corrected chi connectivity index (χ1v) is 7.27. The van der Waals surface area contributed by atoms with E-state index in [0.29, 0.717) is 28.4 Å². The van der Waals surface area contributed by atoms with Crippen molar-refractivity contribution in [3.8, 4) is 5.75 Å². The summed E-state index contributed by atoms with van der Waals surface area (Å²) in [6.07, 6.45) is 0. The number of carbonyl (C=O) groups is 1. The molecule has 6 heteroatoms. The number of phenolic OH excluding ortho intramolecular Hbond substituents is 1. The number of hydrogen-bond acceptors (Lipinski definition) is 4. The summed E-state index contributed by atoms with van der Waals surface area (Å²) in [7, 11) is 1.32. The van der Waals surface area contributed by atoms with Gasteiger partial charge in [-0.1, -0.05) is 27.5 Å². The normalized spacial score (nSPS) is 10.2. The van der Waals surface area contributed by atoms with Crippen LogP contribution in [0.4, 0.5) is 5.69 Å². The van der Waals surface area contributed by atoms with E-state index in [-0.39, 0.29) is 5.75 Å². The summed E-state index contributed by atoms with van der Waals surface area (Å²) in [5, 5.41) is 13.4. The minimum atomic E-state index is -0.451. The number of aromatic hydroxyl groups is 1. The number of rotatable bonds is 4. The number of carbonyl (C=O) groups excluding carboxylic acids is 1. The van der Waals surface area contributed by atoms with Crippen LogP contribution in [-0.2, 0) is 11.3 Å². The van der Waals surface area contributed by atoms with Crippen molar-refractivity contribution in [3.05, 3.63) is 57.0 Å². The van der Waals surface area contributed by atoms with E-state index in [0.717, 1.165) is 4.47 Å². The number of nitrogens with one attached hydrogen (secondary N) is 1. The maximum absolute atomic E-state index is 11.7. The van der Waals surface area contributed by atoms with Crippen molar-refractivity contribution >= 4 is 39.2 Å².